The van der Waals surface area contributed by atoms with Gasteiger partial charge in [-0.05, 0) is 70.2 Å². The van der Waals surface area contributed by atoms with E-state index in [1.807, 2.05) is 28.9 Å². The third kappa shape index (κ3) is 3.54. The zero-order chi connectivity index (χ0) is 19.0. The first kappa shape index (κ1) is 17.9. The number of ketones is 1. The number of carbonyl (C=O) groups is 1. The molecule has 1 atom stereocenters. The number of Topliss-reactive ketones (excluding diaryl/α,β-unsaturated/α-hetero) is 1. The van der Waals surface area contributed by atoms with Crippen LogP contribution < -0.4 is 5.32 Å². The van der Waals surface area contributed by atoms with E-state index in [9.17, 15) is 4.79 Å². The predicted octanol–water partition coefficient (Wildman–Crippen LogP) is 4.06. The molecule has 4 rings (SSSR count). The van der Waals surface area contributed by atoms with Crippen molar-refractivity contribution >= 4 is 5.78 Å². The molecule has 2 fully saturated rings. The lowest BCUT2D eigenvalue weighted by Gasteiger charge is -2.13. The molecule has 2 aliphatic rings. The Morgan fingerprint density at radius 2 is 2.04 bits per heavy atom. The molecule has 2 aromatic rings. The van der Waals surface area contributed by atoms with Crippen LogP contribution in [-0.4, -0.2) is 28.7 Å². The first-order valence-electron chi connectivity index (χ1n) is 9.95. The van der Waals surface area contributed by atoms with Gasteiger partial charge in [0.05, 0.1) is 17.3 Å². The Hall–Kier alpha value is -2.45. The molecular weight excluding hydrogens is 336 g/mol. The number of nitrogens with one attached hydrogen (secondary N) is 1. The molecule has 0 spiro atoms. The number of rotatable bonds is 6. The first-order valence-corrected chi connectivity index (χ1v) is 9.95. The van der Waals surface area contributed by atoms with Crippen molar-refractivity contribution in [2.24, 2.45) is 5.92 Å². The van der Waals surface area contributed by atoms with Gasteiger partial charge in [-0.2, -0.15) is 10.4 Å². The molecular formula is C22H26N4O. The molecule has 2 heterocycles. The van der Waals surface area contributed by atoms with E-state index in [-0.39, 0.29) is 11.8 Å². The first-order chi connectivity index (χ1) is 13.1. The minimum absolute atomic E-state index is 0.135. The lowest BCUT2D eigenvalue weighted by molar-refractivity contribution is 0.0951. The molecule has 0 bridgehead atoms. The molecule has 1 aromatic heterocycles. The second-order valence-electron chi connectivity index (χ2n) is 8.10. The van der Waals surface area contributed by atoms with Crippen molar-refractivity contribution in [3.63, 3.8) is 0 Å². The number of benzene rings is 1. The van der Waals surface area contributed by atoms with Gasteiger partial charge in [0.2, 0.25) is 0 Å². The molecule has 1 saturated carbocycles. The van der Waals surface area contributed by atoms with Crippen molar-refractivity contribution in [1.82, 2.24) is 15.1 Å². The molecule has 1 N–H and O–H groups in total. The van der Waals surface area contributed by atoms with Gasteiger partial charge < -0.3 is 5.32 Å². The van der Waals surface area contributed by atoms with E-state index in [0.717, 1.165) is 54.9 Å². The van der Waals surface area contributed by atoms with Gasteiger partial charge in [0.1, 0.15) is 5.69 Å². The minimum atomic E-state index is 0.135. The molecule has 0 unspecified atom stereocenters. The topological polar surface area (TPSA) is 70.7 Å². The Bertz CT molecular complexity index is 878. The van der Waals surface area contributed by atoms with Gasteiger partial charge in [-0.15, -0.1) is 0 Å². The number of nitriles is 1. The van der Waals surface area contributed by atoms with Gasteiger partial charge >= 0.3 is 0 Å². The number of nitrogens with zero attached hydrogens (tertiary/aromatic N) is 3. The number of aromatic nitrogens is 2. The van der Waals surface area contributed by atoms with Crippen LogP contribution >= 0.6 is 0 Å². The highest BCUT2D eigenvalue weighted by Gasteiger charge is 2.36. The highest BCUT2D eigenvalue weighted by molar-refractivity contribution is 5.98. The summed E-state index contributed by atoms with van der Waals surface area (Å²) in [6, 6.07) is 9.85. The van der Waals surface area contributed by atoms with E-state index < -0.39 is 0 Å². The van der Waals surface area contributed by atoms with Gasteiger partial charge in [0.25, 0.3) is 0 Å². The predicted molar refractivity (Wildman–Crippen MR) is 105 cm³/mol. The summed E-state index contributed by atoms with van der Waals surface area (Å²) in [6.07, 6.45) is 3.91. The van der Waals surface area contributed by atoms with Crippen LogP contribution in [0.2, 0.25) is 0 Å². The maximum Gasteiger partial charge on any atom is 0.181 e. The fraction of sp³-hybridized carbons (Fsp3) is 0.500. The Labute approximate surface area is 160 Å². The normalized spacial score (nSPS) is 19.4. The zero-order valence-corrected chi connectivity index (χ0v) is 16.0. The SMILES string of the molecule is CC(C)n1nc(-c2ccc(C#N)cc2)c(C2CC2)c1C(=O)C[C@@H]1CCNC1. The molecule has 27 heavy (non-hydrogen) atoms. The highest BCUT2D eigenvalue weighted by Crippen LogP contribution is 2.47. The third-order valence-corrected chi connectivity index (χ3v) is 5.61. The van der Waals surface area contributed by atoms with Crippen LogP contribution in [0.4, 0.5) is 0 Å². The Morgan fingerprint density at radius 3 is 2.59 bits per heavy atom. The van der Waals surface area contributed by atoms with Gasteiger partial charge in [0, 0.05) is 23.6 Å². The molecule has 0 radical (unpaired) electrons. The lowest BCUT2D eigenvalue weighted by Crippen LogP contribution is -2.18. The van der Waals surface area contributed by atoms with E-state index in [4.69, 9.17) is 10.4 Å². The summed E-state index contributed by atoms with van der Waals surface area (Å²) in [5.41, 5.74) is 4.50. The second kappa shape index (κ2) is 7.28. The summed E-state index contributed by atoms with van der Waals surface area (Å²) in [6.45, 7) is 6.11. The molecule has 1 aliphatic carbocycles. The van der Waals surface area contributed by atoms with Crippen molar-refractivity contribution in [3.8, 4) is 17.3 Å². The van der Waals surface area contributed by atoms with Crippen LogP contribution in [0.15, 0.2) is 24.3 Å². The van der Waals surface area contributed by atoms with Crippen LogP contribution in [0, 0.1) is 17.2 Å². The fourth-order valence-corrected chi connectivity index (χ4v) is 4.02. The monoisotopic (exact) mass is 362 g/mol. The Balaban J connectivity index is 1.77. The maximum absolute atomic E-state index is 13.3. The summed E-state index contributed by atoms with van der Waals surface area (Å²) in [5, 5.41) is 17.3. The van der Waals surface area contributed by atoms with Crippen LogP contribution in [0.25, 0.3) is 11.3 Å². The second-order valence-corrected chi connectivity index (χ2v) is 8.10. The summed E-state index contributed by atoms with van der Waals surface area (Å²) in [5.74, 6) is 1.09. The van der Waals surface area contributed by atoms with E-state index in [1.54, 1.807) is 0 Å². The standard InChI is InChI=1S/C22H26N4O/c1-14(2)26-22(19(27)11-16-9-10-24-13-16)20(17-7-8-17)21(25-26)18-5-3-15(12-23)4-6-18/h3-6,14,16-17,24H,7-11,13H2,1-2H3/t16-/m0/s1. The smallest absolute Gasteiger partial charge is 0.181 e. The van der Waals surface area contributed by atoms with Crippen LogP contribution in [-0.2, 0) is 0 Å². The van der Waals surface area contributed by atoms with Crippen LogP contribution in [0.5, 0.6) is 0 Å². The van der Waals surface area contributed by atoms with Gasteiger partial charge in [-0.3, -0.25) is 9.48 Å². The van der Waals surface area contributed by atoms with Gasteiger partial charge in [-0.25, -0.2) is 0 Å². The number of hydrogen-bond donors (Lipinski definition) is 1. The van der Waals surface area contributed by atoms with Crippen LogP contribution in [0.1, 0.15) is 73.1 Å². The van der Waals surface area contributed by atoms with Gasteiger partial charge in [0.15, 0.2) is 5.78 Å². The summed E-state index contributed by atoms with van der Waals surface area (Å²) in [7, 11) is 0. The third-order valence-electron chi connectivity index (χ3n) is 5.61. The van der Waals surface area contributed by atoms with Gasteiger partial charge in [-0.1, -0.05) is 12.1 Å². The van der Waals surface area contributed by atoms with E-state index in [2.05, 4.69) is 25.2 Å². The van der Waals surface area contributed by atoms with E-state index >= 15 is 0 Å². The molecule has 0 amide bonds. The fourth-order valence-electron chi connectivity index (χ4n) is 4.02. The number of carbonyl (C=O) groups excluding carboxylic acids is 1. The summed E-state index contributed by atoms with van der Waals surface area (Å²) < 4.78 is 1.94. The molecule has 1 aliphatic heterocycles. The minimum Gasteiger partial charge on any atom is -0.316 e. The van der Waals surface area contributed by atoms with Crippen molar-refractivity contribution in [3.05, 3.63) is 41.1 Å². The Morgan fingerprint density at radius 1 is 1.30 bits per heavy atom. The zero-order valence-electron chi connectivity index (χ0n) is 16.0. The van der Waals surface area contributed by atoms with Crippen molar-refractivity contribution in [1.29, 1.82) is 5.26 Å². The number of hydrogen-bond acceptors (Lipinski definition) is 4. The lowest BCUT2D eigenvalue weighted by atomic mass is 9.94. The average molecular weight is 362 g/mol. The summed E-state index contributed by atoms with van der Waals surface area (Å²) >= 11 is 0. The quantitative estimate of drug-likeness (QED) is 0.787. The van der Waals surface area contributed by atoms with Crippen molar-refractivity contribution in [2.75, 3.05) is 13.1 Å². The molecule has 5 nitrogen and oxygen atoms in total. The maximum atomic E-state index is 13.3. The van der Waals surface area contributed by atoms with Crippen molar-refractivity contribution in [2.45, 2.75) is 51.5 Å². The molecule has 5 heteroatoms. The summed E-state index contributed by atoms with van der Waals surface area (Å²) in [4.78, 5) is 13.3. The highest BCUT2D eigenvalue weighted by atomic mass is 16.1. The van der Waals surface area contributed by atoms with Crippen molar-refractivity contribution < 1.29 is 4.79 Å². The molecule has 1 aromatic carbocycles. The van der Waals surface area contributed by atoms with E-state index in [0.29, 0.717) is 23.8 Å². The molecule has 140 valence electrons. The molecule has 1 saturated heterocycles. The average Bonchev–Trinajstić information content (AvgIpc) is 3.22. The Kier molecular flexibility index (Phi) is 4.84. The van der Waals surface area contributed by atoms with Crippen LogP contribution in [0.3, 0.4) is 0 Å². The van der Waals surface area contributed by atoms with E-state index in [1.165, 1.54) is 0 Å². The largest absolute Gasteiger partial charge is 0.316 e.